The molecule has 16 rings (SSSR count). The Bertz CT molecular complexity index is 5830. The van der Waals surface area contributed by atoms with Gasteiger partial charge >= 0.3 is 0 Å². The lowest BCUT2D eigenvalue weighted by Crippen LogP contribution is -2.32. The molecule has 0 bridgehead atoms. The lowest BCUT2D eigenvalue weighted by molar-refractivity contribution is 0.000592. The molecule has 4 saturated heterocycles. The van der Waals surface area contributed by atoms with Gasteiger partial charge in [0.05, 0.1) is 50.1 Å². The van der Waals surface area contributed by atoms with Crippen LogP contribution in [0, 0.1) is 27.7 Å². The van der Waals surface area contributed by atoms with E-state index in [4.69, 9.17) is 64.8 Å². The summed E-state index contributed by atoms with van der Waals surface area (Å²) in [6, 6.07) is 58.6. The summed E-state index contributed by atoms with van der Waals surface area (Å²) in [7, 11) is 0. The highest BCUT2D eigenvalue weighted by molar-refractivity contribution is 6.06. The molecule has 127 heavy (non-hydrogen) atoms. The van der Waals surface area contributed by atoms with E-state index in [0.29, 0.717) is 123 Å². The molecule has 4 aliphatic rings. The minimum Gasteiger partial charge on any atom is -0.383 e. The summed E-state index contributed by atoms with van der Waals surface area (Å²) in [6.45, 7) is 14.3. The minimum atomic E-state index is -1.28. The third kappa shape index (κ3) is 20.9. The van der Waals surface area contributed by atoms with Crippen molar-refractivity contribution in [1.29, 1.82) is 0 Å². The van der Waals surface area contributed by atoms with Crippen LogP contribution in [0.5, 0.6) is 0 Å². The van der Waals surface area contributed by atoms with Crippen molar-refractivity contribution in [3.8, 4) is 45.0 Å². The second-order valence-corrected chi connectivity index (χ2v) is 31.4. The highest BCUT2D eigenvalue weighted by Crippen LogP contribution is 2.38. The molecule has 658 valence electrons. The molecule has 0 radical (unpaired) electrons. The van der Waals surface area contributed by atoms with Crippen LogP contribution in [-0.2, 0) is 45.1 Å². The van der Waals surface area contributed by atoms with Crippen LogP contribution in [0.3, 0.4) is 0 Å². The Labute approximate surface area is 732 Å². The van der Waals surface area contributed by atoms with E-state index in [2.05, 4.69) is 41.7 Å². The summed E-state index contributed by atoms with van der Waals surface area (Å²) in [6.07, 6.45) is 1.39. The number of halogens is 1. The Balaban J connectivity index is 0.000000145. The molecule has 4 aromatic heterocycles. The Morgan fingerprint density at radius 1 is 0.346 bits per heavy atom. The van der Waals surface area contributed by atoms with E-state index in [0.717, 1.165) is 80.5 Å². The second kappa shape index (κ2) is 40.8. The van der Waals surface area contributed by atoms with Crippen LogP contribution in [0.15, 0.2) is 194 Å². The molecule has 0 unspecified atom stereocenters. The maximum Gasteiger partial charge on any atom is 0.254 e. The number of nitrogens with zero attached hydrogens (tertiary/aromatic N) is 8. The number of aromatic nitrogens is 8. The third-order valence-electron chi connectivity index (χ3n) is 22.8. The number of anilines is 4. The van der Waals surface area contributed by atoms with Gasteiger partial charge in [-0.3, -0.25) is 38.4 Å². The van der Waals surface area contributed by atoms with Crippen molar-refractivity contribution in [1.82, 2.24) is 60.4 Å². The molecule has 4 fully saturated rings. The van der Waals surface area contributed by atoms with Gasteiger partial charge in [-0.15, -0.1) is 0 Å². The first-order chi connectivity index (χ1) is 61.1. The summed E-state index contributed by atoms with van der Waals surface area (Å²) in [5.74, 6) is -2.30. The molecule has 8 heterocycles. The molecule has 0 saturated carbocycles. The second-order valence-electron chi connectivity index (χ2n) is 31.4. The van der Waals surface area contributed by atoms with Crippen molar-refractivity contribution in [2.45, 2.75) is 123 Å². The number of alkyl halides is 1. The molecule has 6 atom stereocenters. The third-order valence-corrected chi connectivity index (χ3v) is 22.8. The highest BCUT2D eigenvalue weighted by atomic mass is 19.1. The van der Waals surface area contributed by atoms with Gasteiger partial charge in [-0.05, 0) is 129 Å². The Kier molecular flexibility index (Phi) is 28.9. The zero-order chi connectivity index (χ0) is 90.3. The lowest BCUT2D eigenvalue weighted by Gasteiger charge is -2.27. The van der Waals surface area contributed by atoms with E-state index >= 15 is 0 Å². The molecular formula is C94H103FN20O12. The fourth-order valence-electron chi connectivity index (χ4n) is 15.6. The van der Waals surface area contributed by atoms with Gasteiger partial charge in [0.2, 0.25) is 0 Å². The number of nitrogens with two attached hydrogens (primary N) is 8. The number of hydrogen-bond donors (Lipinski definition) is 12. The van der Waals surface area contributed by atoms with E-state index in [9.17, 15) is 42.7 Å². The Morgan fingerprint density at radius 2 is 0.598 bits per heavy atom. The van der Waals surface area contributed by atoms with E-state index in [-0.39, 0.29) is 100.0 Å². The maximum absolute atomic E-state index is 14.4. The van der Waals surface area contributed by atoms with Crippen molar-refractivity contribution in [2.75, 3.05) is 69.2 Å². The number of carbonyl (C=O) groups is 8. The molecule has 32 nitrogen and oxygen atoms in total. The van der Waals surface area contributed by atoms with Crippen molar-refractivity contribution in [2.24, 2.45) is 22.9 Å². The van der Waals surface area contributed by atoms with E-state index in [1.54, 1.807) is 50.4 Å². The predicted molar refractivity (Wildman–Crippen MR) is 479 cm³/mol. The summed E-state index contributed by atoms with van der Waals surface area (Å²) in [5.41, 5.74) is 62.2. The van der Waals surface area contributed by atoms with Gasteiger partial charge in [-0.1, -0.05) is 170 Å². The number of hydrogen-bond acceptors (Lipinski definition) is 20. The summed E-state index contributed by atoms with van der Waals surface area (Å²) >= 11 is 0. The molecule has 0 aliphatic carbocycles. The molecule has 12 aromatic rings. The fraction of sp³-hybridized carbons (Fsp3) is 0.277. The number of nitrogen functional groups attached to an aromatic ring is 4. The number of rotatable bonds is 24. The number of ether oxygens (including phenoxy) is 4. The SMILES string of the molecule is Cc1ccccc1C(=O)NCc1ccc(-c2nn([C@@H]3CCOC3)c(N)c2C(N)=O)cc1.Cc1ccccc1C(=O)NCc1ccc(-c2nn([C@@H]3CCO[C@H]3C)c(N)c2C(N)=O)cc1.Cc1ccccc1C(=O)NCc1ccc(-c2nn([C@H]3CCOC3)c(N)c2C(N)=O)cc1.Cc1ccccc1C(=O)NCc1ccc(-c2nn([C@H]3CCOC[C@H]3F)c(N)c2C(N)=O)cc1. The zero-order valence-corrected chi connectivity index (χ0v) is 71.0. The summed E-state index contributed by atoms with van der Waals surface area (Å²) < 4.78 is 42.3. The van der Waals surface area contributed by atoms with Crippen LogP contribution < -0.4 is 67.1 Å². The molecular weight excluding hydrogens is 1620 g/mol. The standard InChI is InChI=1S/C24H26FN5O3.C24H27N5O3.2C23H25N5O3/c1-14-4-2-3-5-17(14)24(32)28-12-15-6-8-16(9-7-15)21-20(23(27)31)22(26)30(29-21)19-10-11-33-13-18(19)25;1-14-5-3-4-6-18(14)24(31)27-13-16-7-9-17(10-8-16)21-20(23(26)30)22(25)29(28-21)19-11-12-32-15(19)2;2*1-14-4-2-3-5-18(14)23(30)26-12-15-6-8-16(9-7-15)20-19(22(25)29)21(24)28(27-20)17-10-11-31-13-17/h2-9,18-19H,10-13,26H2,1H3,(H2,27,31)(H,28,32);3-10,15,19H,11-13,25H2,1-2H3,(H2,26,30)(H,27,31);2*2-9,17H,10-13,24H2,1H3,(H2,25,29)(H,26,30)/t18-,19+;15-,19+;2*17-/m1010/s1. The number of nitrogens with one attached hydrogen (secondary N) is 4. The average Bonchev–Trinajstić information content (AvgIpc) is 1.59. The van der Waals surface area contributed by atoms with Crippen LogP contribution >= 0.6 is 0 Å². The summed E-state index contributed by atoms with van der Waals surface area (Å²) in [4.78, 5) is 98.1. The molecule has 4 aliphatic heterocycles. The zero-order valence-electron chi connectivity index (χ0n) is 71.0. The largest absolute Gasteiger partial charge is 0.383 e. The van der Waals surface area contributed by atoms with Gasteiger partial charge < -0.3 is 86.1 Å². The van der Waals surface area contributed by atoms with Crippen LogP contribution in [-0.4, -0.2) is 145 Å². The van der Waals surface area contributed by atoms with Crippen molar-refractivity contribution < 1.29 is 61.7 Å². The topological polar surface area (TPSA) is 501 Å². The molecule has 33 heteroatoms. The molecule has 8 aromatic carbocycles. The Morgan fingerprint density at radius 3 is 0.850 bits per heavy atom. The van der Waals surface area contributed by atoms with Crippen molar-refractivity contribution >= 4 is 70.5 Å². The predicted octanol–water partition coefficient (Wildman–Crippen LogP) is 10.5. The smallest absolute Gasteiger partial charge is 0.254 e. The number of amides is 8. The van der Waals surface area contributed by atoms with Crippen LogP contribution in [0.4, 0.5) is 27.7 Å². The summed E-state index contributed by atoms with van der Waals surface area (Å²) in [5, 5.41) is 29.9. The number of benzene rings is 8. The lowest BCUT2D eigenvalue weighted by atomic mass is 10.0. The maximum atomic E-state index is 14.4. The molecule has 8 amide bonds. The Hall–Kier alpha value is -14.7. The van der Waals surface area contributed by atoms with Crippen molar-refractivity contribution in [3.63, 3.8) is 0 Å². The first-order valence-electron chi connectivity index (χ1n) is 41.6. The van der Waals surface area contributed by atoms with Gasteiger partial charge in [0.25, 0.3) is 47.3 Å². The minimum absolute atomic E-state index is 0.0113. The first-order valence-corrected chi connectivity index (χ1v) is 41.6. The van der Waals surface area contributed by atoms with Gasteiger partial charge in [0.15, 0.2) is 0 Å². The van der Waals surface area contributed by atoms with E-state index < -0.39 is 35.8 Å². The monoisotopic (exact) mass is 1720 g/mol. The van der Waals surface area contributed by atoms with E-state index in [1.807, 2.05) is 192 Å². The van der Waals surface area contributed by atoms with Gasteiger partial charge in [-0.2, -0.15) is 20.4 Å². The van der Waals surface area contributed by atoms with Gasteiger partial charge in [0, 0.05) is 97.1 Å². The average molecular weight is 1720 g/mol. The van der Waals surface area contributed by atoms with Crippen LogP contribution in [0.2, 0.25) is 0 Å². The quantitative estimate of drug-likeness (QED) is 0.0267. The van der Waals surface area contributed by atoms with Gasteiger partial charge in [-0.25, -0.2) is 23.1 Å². The molecule has 20 N–H and O–H groups in total. The number of carbonyl (C=O) groups excluding carboxylic acids is 8. The van der Waals surface area contributed by atoms with Crippen molar-refractivity contribution in [3.05, 3.63) is 283 Å². The van der Waals surface area contributed by atoms with Gasteiger partial charge in [0.1, 0.15) is 74.5 Å². The van der Waals surface area contributed by atoms with Crippen LogP contribution in [0.1, 0.15) is 184 Å². The van der Waals surface area contributed by atoms with Crippen LogP contribution in [0.25, 0.3) is 45.0 Å². The first kappa shape index (κ1) is 90.1. The fourth-order valence-corrected chi connectivity index (χ4v) is 15.6. The number of aryl methyl sites for hydroxylation is 4. The molecule has 0 spiro atoms. The normalized spacial score (nSPS) is 16.9. The highest BCUT2D eigenvalue weighted by Gasteiger charge is 2.36. The van der Waals surface area contributed by atoms with E-state index in [1.165, 1.54) is 4.68 Å². The number of primary amides is 4.